The van der Waals surface area contributed by atoms with Crippen LogP contribution in [0.1, 0.15) is 24.2 Å². The number of hydrogen-bond donors (Lipinski definition) is 0. The molecule has 0 unspecified atom stereocenters. The molecule has 1 aliphatic rings. The molecule has 4 rings (SSSR count). The van der Waals surface area contributed by atoms with Crippen molar-refractivity contribution in [1.82, 2.24) is 9.97 Å². The van der Waals surface area contributed by atoms with Crippen molar-refractivity contribution in [3.8, 4) is 0 Å². The molecule has 0 spiro atoms. The maximum Gasteiger partial charge on any atom is 0.139 e. The van der Waals surface area contributed by atoms with Crippen LogP contribution in [-0.4, -0.2) is 9.97 Å². The van der Waals surface area contributed by atoms with Gasteiger partial charge in [-0.3, -0.25) is 4.90 Å². The predicted octanol–water partition coefficient (Wildman–Crippen LogP) is 5.77. The molecule has 3 nitrogen and oxygen atoms in total. The van der Waals surface area contributed by atoms with E-state index in [0.717, 1.165) is 41.6 Å². The van der Waals surface area contributed by atoms with E-state index in [0.29, 0.717) is 0 Å². The minimum atomic E-state index is 0.862. The zero-order valence-corrected chi connectivity index (χ0v) is 13.9. The molecule has 0 saturated heterocycles. The number of para-hydroxylation sites is 1. The van der Waals surface area contributed by atoms with Crippen LogP contribution < -0.4 is 4.90 Å². The number of hydrogen-bond acceptors (Lipinski definition) is 3. The van der Waals surface area contributed by atoms with Gasteiger partial charge >= 0.3 is 0 Å². The summed E-state index contributed by atoms with van der Waals surface area (Å²) in [7, 11) is 0. The van der Waals surface area contributed by atoms with E-state index in [2.05, 4.69) is 41.3 Å². The lowest BCUT2D eigenvalue weighted by Crippen LogP contribution is -2.13. The summed E-state index contributed by atoms with van der Waals surface area (Å²) in [5.41, 5.74) is 2.95. The summed E-state index contributed by atoms with van der Waals surface area (Å²) in [6.07, 6.45) is 10.5. The molecule has 25 heavy (non-hydrogen) atoms. The number of anilines is 3. The lowest BCUT2D eigenvalue weighted by molar-refractivity contribution is 1.06. The summed E-state index contributed by atoms with van der Waals surface area (Å²) in [6, 6.07) is 22.4. The van der Waals surface area contributed by atoms with Crippen LogP contribution in [0.5, 0.6) is 0 Å². The third-order valence-corrected chi connectivity index (χ3v) is 4.06. The monoisotopic (exact) mass is 325 g/mol. The molecular weight excluding hydrogens is 306 g/mol. The van der Waals surface area contributed by atoms with E-state index < -0.39 is 0 Å². The normalized spacial score (nSPS) is 13.7. The maximum atomic E-state index is 4.83. The fourth-order valence-corrected chi connectivity index (χ4v) is 2.87. The quantitative estimate of drug-likeness (QED) is 0.569. The van der Waals surface area contributed by atoms with Gasteiger partial charge in [0, 0.05) is 5.69 Å². The molecule has 0 atom stereocenters. The molecule has 1 aromatic carbocycles. The molecule has 0 fully saturated rings. The molecule has 0 N–H and O–H groups in total. The Morgan fingerprint density at radius 1 is 0.600 bits per heavy atom. The summed E-state index contributed by atoms with van der Waals surface area (Å²) in [5, 5.41) is 0. The lowest BCUT2D eigenvalue weighted by atomic mass is 10.2. The maximum absolute atomic E-state index is 4.83. The highest BCUT2D eigenvalue weighted by molar-refractivity contribution is 5.73. The highest BCUT2D eigenvalue weighted by Gasteiger charge is 2.15. The largest absolute Gasteiger partial charge is 0.279 e. The van der Waals surface area contributed by atoms with Gasteiger partial charge in [-0.1, -0.05) is 42.5 Å². The Morgan fingerprint density at radius 2 is 1.16 bits per heavy atom. The van der Waals surface area contributed by atoms with Crippen molar-refractivity contribution in [2.75, 3.05) is 4.90 Å². The fraction of sp³-hybridized carbons (Fsp3) is 0.0909. The van der Waals surface area contributed by atoms with Crippen LogP contribution in [0.2, 0.25) is 0 Å². The van der Waals surface area contributed by atoms with Crippen molar-refractivity contribution >= 4 is 29.5 Å². The average Bonchev–Trinajstić information content (AvgIpc) is 2.66. The molecule has 0 saturated carbocycles. The molecule has 0 amide bonds. The zero-order valence-electron chi connectivity index (χ0n) is 13.9. The molecule has 122 valence electrons. The van der Waals surface area contributed by atoms with Crippen LogP contribution in [-0.2, 0) is 0 Å². The number of nitrogens with zero attached hydrogens (tertiary/aromatic N) is 3. The number of pyridine rings is 2. The molecule has 2 aromatic heterocycles. The second kappa shape index (κ2) is 7.14. The second-order valence-electron chi connectivity index (χ2n) is 5.89. The first-order chi connectivity index (χ1) is 12.4. The molecule has 0 aliphatic carbocycles. The third-order valence-electron chi connectivity index (χ3n) is 4.06. The highest BCUT2D eigenvalue weighted by atomic mass is 15.2. The van der Waals surface area contributed by atoms with Gasteiger partial charge in [-0.2, -0.15) is 0 Å². The van der Waals surface area contributed by atoms with E-state index in [9.17, 15) is 0 Å². The van der Waals surface area contributed by atoms with E-state index in [1.165, 1.54) is 0 Å². The van der Waals surface area contributed by atoms with Gasteiger partial charge in [0.25, 0.3) is 0 Å². The SMILES string of the molecule is C1=Cc2cccc(n2)N(c2ccccc2)c2cccc(n2)C=CCC1. The minimum Gasteiger partial charge on any atom is -0.279 e. The smallest absolute Gasteiger partial charge is 0.139 e. The number of aromatic nitrogens is 2. The van der Waals surface area contributed by atoms with Crippen molar-refractivity contribution in [2.24, 2.45) is 0 Å². The molecule has 3 aromatic rings. The number of allylic oxidation sites excluding steroid dienone is 2. The van der Waals surface area contributed by atoms with Crippen LogP contribution in [0.4, 0.5) is 17.3 Å². The van der Waals surface area contributed by atoms with Crippen LogP contribution in [0.3, 0.4) is 0 Å². The van der Waals surface area contributed by atoms with Gasteiger partial charge in [0.2, 0.25) is 0 Å². The van der Waals surface area contributed by atoms with Gasteiger partial charge in [-0.15, -0.1) is 0 Å². The first-order valence-electron chi connectivity index (χ1n) is 8.52. The Kier molecular flexibility index (Phi) is 4.38. The molecule has 1 aliphatic heterocycles. The van der Waals surface area contributed by atoms with E-state index in [1.54, 1.807) is 0 Å². The van der Waals surface area contributed by atoms with E-state index in [-0.39, 0.29) is 0 Å². The molecule has 3 heteroatoms. The number of benzene rings is 1. The number of rotatable bonds is 1. The van der Waals surface area contributed by atoms with Crippen molar-refractivity contribution in [1.29, 1.82) is 0 Å². The van der Waals surface area contributed by atoms with Gasteiger partial charge in [0.05, 0.1) is 11.4 Å². The average molecular weight is 325 g/mol. The Bertz CT molecular complexity index is 856. The van der Waals surface area contributed by atoms with Crippen molar-refractivity contribution in [3.05, 3.63) is 90.3 Å². The Morgan fingerprint density at radius 3 is 1.72 bits per heavy atom. The first kappa shape index (κ1) is 15.3. The molecule has 0 radical (unpaired) electrons. The zero-order chi connectivity index (χ0) is 16.9. The topological polar surface area (TPSA) is 29.0 Å². The van der Waals surface area contributed by atoms with Gasteiger partial charge in [-0.05, 0) is 61.4 Å². The standard InChI is InChI=1S/C22H19N3/c1-2-5-11-19-13-9-17-22(24-19)25(20-14-6-3-7-15-20)21-16-8-12-18(23-21)10-4-1/h3-17H,1-2H2. The Labute approximate surface area is 148 Å². The van der Waals surface area contributed by atoms with Crippen LogP contribution in [0.15, 0.2) is 78.9 Å². The van der Waals surface area contributed by atoms with Crippen LogP contribution in [0.25, 0.3) is 12.2 Å². The van der Waals surface area contributed by atoms with Gasteiger partial charge in [-0.25, -0.2) is 9.97 Å². The van der Waals surface area contributed by atoms with Crippen molar-refractivity contribution in [2.45, 2.75) is 12.8 Å². The van der Waals surface area contributed by atoms with E-state index in [4.69, 9.17) is 9.97 Å². The summed E-state index contributed by atoms with van der Waals surface area (Å²) < 4.78 is 0. The predicted molar refractivity (Wildman–Crippen MR) is 104 cm³/mol. The highest BCUT2D eigenvalue weighted by Crippen LogP contribution is 2.32. The van der Waals surface area contributed by atoms with Crippen LogP contribution in [0, 0.1) is 0 Å². The summed E-state index contributed by atoms with van der Waals surface area (Å²) >= 11 is 0. The summed E-state index contributed by atoms with van der Waals surface area (Å²) in [5.74, 6) is 1.72. The molecule has 4 bridgehead atoms. The van der Waals surface area contributed by atoms with Crippen molar-refractivity contribution in [3.63, 3.8) is 0 Å². The van der Waals surface area contributed by atoms with E-state index in [1.807, 2.05) is 54.6 Å². The lowest BCUT2D eigenvalue weighted by Gasteiger charge is -2.23. The summed E-state index contributed by atoms with van der Waals surface area (Å²) in [4.78, 5) is 11.7. The third kappa shape index (κ3) is 3.50. The van der Waals surface area contributed by atoms with Crippen molar-refractivity contribution < 1.29 is 0 Å². The van der Waals surface area contributed by atoms with Gasteiger partial charge in [0.15, 0.2) is 0 Å². The van der Waals surface area contributed by atoms with Gasteiger partial charge < -0.3 is 0 Å². The Balaban J connectivity index is 1.92. The fourth-order valence-electron chi connectivity index (χ4n) is 2.87. The molecule has 3 heterocycles. The van der Waals surface area contributed by atoms with Crippen LogP contribution >= 0.6 is 0 Å². The second-order valence-corrected chi connectivity index (χ2v) is 5.89. The van der Waals surface area contributed by atoms with E-state index >= 15 is 0 Å². The summed E-state index contributed by atoms with van der Waals surface area (Å²) in [6.45, 7) is 0. The first-order valence-corrected chi connectivity index (χ1v) is 8.52. The Hall–Kier alpha value is -3.20. The van der Waals surface area contributed by atoms with Gasteiger partial charge in [0.1, 0.15) is 11.6 Å². The minimum absolute atomic E-state index is 0.862. The number of fused-ring (bicyclic) bond motifs is 4. The molecular formula is C22H19N3.